The second-order valence-electron chi connectivity index (χ2n) is 4.60. The fourth-order valence-electron chi connectivity index (χ4n) is 2.13. The lowest BCUT2D eigenvalue weighted by atomic mass is 10.1. The number of ether oxygens (including phenoxy) is 2. The molecule has 4 nitrogen and oxygen atoms in total. The summed E-state index contributed by atoms with van der Waals surface area (Å²) >= 11 is 0. The Morgan fingerprint density at radius 3 is 2.72 bits per heavy atom. The van der Waals surface area contributed by atoms with Crippen LogP contribution in [0, 0.1) is 0 Å². The maximum atomic E-state index is 9.63. The third kappa shape index (κ3) is 4.07. The van der Waals surface area contributed by atoms with Crippen LogP contribution in [-0.4, -0.2) is 41.9 Å². The van der Waals surface area contributed by atoms with Gasteiger partial charge in [0.1, 0.15) is 0 Å². The Hall–Kier alpha value is -0.940. The van der Waals surface area contributed by atoms with Crippen molar-refractivity contribution in [3.63, 3.8) is 0 Å². The molecule has 1 aromatic rings. The molecule has 0 spiro atoms. The minimum Gasteiger partial charge on any atom is -0.394 e. The van der Waals surface area contributed by atoms with Crippen molar-refractivity contribution in [2.75, 3.05) is 13.2 Å². The molecule has 3 atom stereocenters. The van der Waals surface area contributed by atoms with Crippen molar-refractivity contribution in [3.05, 3.63) is 35.9 Å². The van der Waals surface area contributed by atoms with Gasteiger partial charge in [0.15, 0.2) is 6.29 Å². The molecule has 1 saturated heterocycles. The van der Waals surface area contributed by atoms with Gasteiger partial charge in [0, 0.05) is 12.8 Å². The van der Waals surface area contributed by atoms with E-state index >= 15 is 0 Å². The van der Waals surface area contributed by atoms with Crippen LogP contribution in [0.2, 0.25) is 0 Å². The van der Waals surface area contributed by atoms with Gasteiger partial charge in [-0.1, -0.05) is 30.3 Å². The van der Waals surface area contributed by atoms with Gasteiger partial charge in [0.05, 0.1) is 25.4 Å². The van der Waals surface area contributed by atoms with Crippen molar-refractivity contribution in [1.82, 2.24) is 0 Å². The summed E-state index contributed by atoms with van der Waals surface area (Å²) in [6.45, 7) is 0.481. The van der Waals surface area contributed by atoms with E-state index in [-0.39, 0.29) is 12.7 Å². The Morgan fingerprint density at radius 1 is 1.22 bits per heavy atom. The molecule has 1 fully saturated rings. The summed E-state index contributed by atoms with van der Waals surface area (Å²) in [6, 6.07) is 10.1. The molecule has 0 saturated carbocycles. The fraction of sp³-hybridized carbons (Fsp3) is 0.571. The molecule has 100 valence electrons. The number of hydrogen-bond donors (Lipinski definition) is 2. The van der Waals surface area contributed by atoms with E-state index in [0.717, 1.165) is 6.42 Å². The average Bonchev–Trinajstić information content (AvgIpc) is 2.39. The molecule has 18 heavy (non-hydrogen) atoms. The quantitative estimate of drug-likeness (QED) is 0.824. The molecule has 0 aliphatic carbocycles. The van der Waals surface area contributed by atoms with Gasteiger partial charge in [0.2, 0.25) is 0 Å². The van der Waals surface area contributed by atoms with E-state index in [1.807, 2.05) is 18.2 Å². The fourth-order valence-corrected chi connectivity index (χ4v) is 2.13. The summed E-state index contributed by atoms with van der Waals surface area (Å²) in [4.78, 5) is 0. The topological polar surface area (TPSA) is 58.9 Å². The van der Waals surface area contributed by atoms with Gasteiger partial charge < -0.3 is 19.7 Å². The Balaban J connectivity index is 1.73. The zero-order chi connectivity index (χ0) is 12.8. The van der Waals surface area contributed by atoms with Gasteiger partial charge in [0.25, 0.3) is 0 Å². The largest absolute Gasteiger partial charge is 0.394 e. The van der Waals surface area contributed by atoms with Gasteiger partial charge in [-0.05, 0) is 12.0 Å². The second-order valence-corrected chi connectivity index (χ2v) is 4.60. The molecule has 1 aromatic carbocycles. The normalized spacial score (nSPS) is 28.2. The molecule has 3 unspecified atom stereocenters. The van der Waals surface area contributed by atoms with E-state index in [1.165, 1.54) is 5.56 Å². The molecule has 0 bridgehead atoms. The Kier molecular flexibility index (Phi) is 5.13. The monoisotopic (exact) mass is 252 g/mol. The van der Waals surface area contributed by atoms with Crippen LogP contribution in [-0.2, 0) is 15.9 Å². The van der Waals surface area contributed by atoms with Crippen molar-refractivity contribution < 1.29 is 19.7 Å². The van der Waals surface area contributed by atoms with Gasteiger partial charge in [-0.25, -0.2) is 0 Å². The molecule has 4 heteroatoms. The molecule has 0 radical (unpaired) electrons. The van der Waals surface area contributed by atoms with Gasteiger partial charge in [-0.3, -0.25) is 0 Å². The second kappa shape index (κ2) is 6.85. The van der Waals surface area contributed by atoms with E-state index in [9.17, 15) is 5.11 Å². The van der Waals surface area contributed by atoms with Crippen LogP contribution in [0.25, 0.3) is 0 Å². The highest BCUT2D eigenvalue weighted by Crippen LogP contribution is 2.20. The molecule has 1 heterocycles. The lowest BCUT2D eigenvalue weighted by molar-refractivity contribution is -0.221. The zero-order valence-corrected chi connectivity index (χ0v) is 10.4. The zero-order valence-electron chi connectivity index (χ0n) is 10.4. The van der Waals surface area contributed by atoms with Crippen molar-refractivity contribution in [2.24, 2.45) is 0 Å². The summed E-state index contributed by atoms with van der Waals surface area (Å²) in [6.07, 6.45) is 0.615. The third-order valence-electron chi connectivity index (χ3n) is 3.08. The SMILES string of the molecule is OCC1CC(O)CC(OCCc2ccccc2)O1. The van der Waals surface area contributed by atoms with E-state index in [4.69, 9.17) is 14.6 Å². The summed E-state index contributed by atoms with van der Waals surface area (Å²) in [7, 11) is 0. The first-order chi connectivity index (χ1) is 8.78. The highest BCUT2D eigenvalue weighted by atomic mass is 16.7. The summed E-state index contributed by atoms with van der Waals surface area (Å²) in [5, 5.41) is 18.7. The van der Waals surface area contributed by atoms with Crippen molar-refractivity contribution in [2.45, 2.75) is 37.8 Å². The van der Waals surface area contributed by atoms with Crippen LogP contribution in [0.4, 0.5) is 0 Å². The minimum atomic E-state index is -0.447. The minimum absolute atomic E-state index is 0.0738. The summed E-state index contributed by atoms with van der Waals surface area (Å²) < 4.78 is 11.1. The van der Waals surface area contributed by atoms with Gasteiger partial charge in [-0.2, -0.15) is 0 Å². The molecule has 0 aromatic heterocycles. The first kappa shape index (κ1) is 13.5. The number of benzene rings is 1. The molecule has 2 rings (SSSR count). The summed E-state index contributed by atoms with van der Waals surface area (Å²) in [5.41, 5.74) is 1.22. The van der Waals surface area contributed by atoms with Crippen LogP contribution >= 0.6 is 0 Å². The van der Waals surface area contributed by atoms with Crippen LogP contribution < -0.4 is 0 Å². The van der Waals surface area contributed by atoms with Crippen LogP contribution in [0.5, 0.6) is 0 Å². The predicted molar refractivity (Wildman–Crippen MR) is 67.1 cm³/mol. The average molecular weight is 252 g/mol. The maximum Gasteiger partial charge on any atom is 0.160 e. The molecule has 2 N–H and O–H groups in total. The van der Waals surface area contributed by atoms with Gasteiger partial charge in [-0.15, -0.1) is 0 Å². The van der Waals surface area contributed by atoms with E-state index in [0.29, 0.717) is 19.4 Å². The van der Waals surface area contributed by atoms with E-state index in [2.05, 4.69) is 12.1 Å². The smallest absolute Gasteiger partial charge is 0.160 e. The predicted octanol–water partition coefficient (Wildman–Crippen LogP) is 1.10. The Labute approximate surface area is 107 Å². The number of aliphatic hydroxyl groups is 2. The number of rotatable bonds is 5. The standard InChI is InChI=1S/C14H20O4/c15-10-13-8-12(16)9-14(18-13)17-7-6-11-4-2-1-3-5-11/h1-5,12-16H,6-10H2. The number of hydrogen-bond acceptors (Lipinski definition) is 4. The first-order valence-corrected chi connectivity index (χ1v) is 6.38. The van der Waals surface area contributed by atoms with E-state index in [1.54, 1.807) is 0 Å². The third-order valence-corrected chi connectivity index (χ3v) is 3.08. The molecule has 1 aliphatic rings. The summed E-state index contributed by atoms with van der Waals surface area (Å²) in [5.74, 6) is 0. The Bertz CT molecular complexity index is 341. The van der Waals surface area contributed by atoms with Crippen LogP contribution in [0.15, 0.2) is 30.3 Å². The molecular weight excluding hydrogens is 232 g/mol. The Morgan fingerprint density at radius 2 is 2.00 bits per heavy atom. The molecule has 0 amide bonds. The highest BCUT2D eigenvalue weighted by Gasteiger charge is 2.28. The van der Waals surface area contributed by atoms with Crippen LogP contribution in [0.1, 0.15) is 18.4 Å². The maximum absolute atomic E-state index is 9.63. The van der Waals surface area contributed by atoms with Gasteiger partial charge >= 0.3 is 0 Å². The van der Waals surface area contributed by atoms with Crippen molar-refractivity contribution >= 4 is 0 Å². The van der Waals surface area contributed by atoms with E-state index < -0.39 is 12.4 Å². The van der Waals surface area contributed by atoms with Crippen molar-refractivity contribution in [3.8, 4) is 0 Å². The number of aliphatic hydroxyl groups excluding tert-OH is 2. The first-order valence-electron chi connectivity index (χ1n) is 6.38. The molecule has 1 aliphatic heterocycles. The molecular formula is C14H20O4. The van der Waals surface area contributed by atoms with Crippen molar-refractivity contribution in [1.29, 1.82) is 0 Å². The van der Waals surface area contributed by atoms with Crippen LogP contribution in [0.3, 0.4) is 0 Å². The lowest BCUT2D eigenvalue weighted by Gasteiger charge is -2.32. The highest BCUT2D eigenvalue weighted by molar-refractivity contribution is 5.14. The lowest BCUT2D eigenvalue weighted by Crippen LogP contribution is -2.39.